The van der Waals surface area contributed by atoms with Crippen LogP contribution in [0.15, 0.2) is 176 Å². The second-order valence-electron chi connectivity index (χ2n) is 12.5. The summed E-state index contributed by atoms with van der Waals surface area (Å²) >= 11 is 0. The molecule has 7 aromatic carbocycles. The topological polar surface area (TPSA) is 48.5 Å². The van der Waals surface area contributed by atoms with Crippen LogP contribution < -0.4 is 0 Å². The molecule has 3 aromatic heterocycles. The van der Waals surface area contributed by atoms with Gasteiger partial charge in [0.2, 0.25) is 5.95 Å². The van der Waals surface area contributed by atoms with Crippen molar-refractivity contribution in [3.05, 3.63) is 176 Å². The first-order valence-electron chi connectivity index (χ1n) is 16.8. The van der Waals surface area contributed by atoms with E-state index in [4.69, 9.17) is 15.0 Å². The zero-order chi connectivity index (χ0) is 33.0. The summed E-state index contributed by atoms with van der Waals surface area (Å²) in [6.07, 6.45) is 0. The van der Waals surface area contributed by atoms with E-state index in [0.29, 0.717) is 17.6 Å². The molecule has 10 rings (SSSR count). The highest BCUT2D eigenvalue weighted by Crippen LogP contribution is 2.42. The van der Waals surface area contributed by atoms with E-state index in [1.165, 1.54) is 21.7 Å². The Bertz CT molecular complexity index is 2850. The van der Waals surface area contributed by atoms with Crippen LogP contribution in [-0.2, 0) is 0 Å². The number of hydrogen-bond acceptors (Lipinski definition) is 3. The number of aromatic nitrogens is 5. The minimum Gasteiger partial charge on any atom is -0.309 e. The van der Waals surface area contributed by atoms with Crippen molar-refractivity contribution in [1.29, 1.82) is 0 Å². The monoisotopic (exact) mass is 639 g/mol. The fourth-order valence-electron chi connectivity index (χ4n) is 7.37. The summed E-state index contributed by atoms with van der Waals surface area (Å²) in [5.74, 6) is 1.83. The Balaban J connectivity index is 1.28. The van der Waals surface area contributed by atoms with E-state index < -0.39 is 0 Å². The van der Waals surface area contributed by atoms with Crippen LogP contribution >= 0.6 is 0 Å². The maximum absolute atomic E-state index is 5.24. The minimum atomic E-state index is 0.580. The number of hydrogen-bond donors (Lipinski definition) is 0. The molecule has 0 bridgehead atoms. The molecule has 5 nitrogen and oxygen atoms in total. The van der Waals surface area contributed by atoms with Gasteiger partial charge in [0.1, 0.15) is 0 Å². The molecule has 0 spiro atoms. The SMILES string of the molecule is c1ccc(-c2cccc(-c3nc(-c4ccccc4)nc(-n4c5ccccc5c5c6c7ccccc7n(-c7ccccc7)c6ccc54)n3)c2)cc1. The quantitative estimate of drug-likeness (QED) is 0.188. The van der Waals surface area contributed by atoms with Crippen molar-refractivity contribution < 1.29 is 0 Å². The first-order chi connectivity index (χ1) is 24.8. The molecule has 0 atom stereocenters. The smallest absolute Gasteiger partial charge is 0.238 e. The molecule has 50 heavy (non-hydrogen) atoms. The van der Waals surface area contributed by atoms with Gasteiger partial charge in [-0.15, -0.1) is 0 Å². The summed E-state index contributed by atoms with van der Waals surface area (Å²) in [6, 6.07) is 61.3. The third-order valence-corrected chi connectivity index (χ3v) is 9.57. The predicted molar refractivity (Wildman–Crippen MR) is 205 cm³/mol. The number of benzene rings is 7. The molecule has 0 saturated carbocycles. The molecule has 0 unspecified atom stereocenters. The molecule has 10 aromatic rings. The van der Waals surface area contributed by atoms with E-state index in [-0.39, 0.29) is 0 Å². The van der Waals surface area contributed by atoms with Gasteiger partial charge in [-0.3, -0.25) is 4.57 Å². The van der Waals surface area contributed by atoms with Gasteiger partial charge in [0, 0.05) is 38.4 Å². The molecule has 234 valence electrons. The normalized spacial score (nSPS) is 11.6. The summed E-state index contributed by atoms with van der Waals surface area (Å²) < 4.78 is 4.57. The second kappa shape index (κ2) is 11.4. The third-order valence-electron chi connectivity index (χ3n) is 9.57. The molecule has 0 amide bonds. The van der Waals surface area contributed by atoms with E-state index in [0.717, 1.165) is 49.9 Å². The third kappa shape index (κ3) is 4.45. The molecular weight excluding hydrogens is 611 g/mol. The number of para-hydroxylation sites is 3. The fourth-order valence-corrected chi connectivity index (χ4v) is 7.37. The lowest BCUT2D eigenvalue weighted by Crippen LogP contribution is -2.06. The van der Waals surface area contributed by atoms with Gasteiger partial charge < -0.3 is 4.57 Å². The zero-order valence-corrected chi connectivity index (χ0v) is 27.0. The summed E-state index contributed by atoms with van der Waals surface area (Å²) in [7, 11) is 0. The van der Waals surface area contributed by atoms with Crippen molar-refractivity contribution in [2.24, 2.45) is 0 Å². The van der Waals surface area contributed by atoms with Crippen LogP contribution in [0, 0.1) is 0 Å². The van der Waals surface area contributed by atoms with Crippen LogP contribution in [-0.4, -0.2) is 24.1 Å². The van der Waals surface area contributed by atoms with Crippen LogP contribution in [0.4, 0.5) is 0 Å². The first kappa shape index (κ1) is 28.2. The second-order valence-corrected chi connectivity index (χ2v) is 12.5. The molecule has 0 saturated heterocycles. The van der Waals surface area contributed by atoms with Crippen molar-refractivity contribution in [2.45, 2.75) is 0 Å². The Kier molecular flexibility index (Phi) is 6.42. The largest absolute Gasteiger partial charge is 0.309 e. The van der Waals surface area contributed by atoms with E-state index >= 15 is 0 Å². The summed E-state index contributed by atoms with van der Waals surface area (Å²) in [5, 5.41) is 4.75. The van der Waals surface area contributed by atoms with E-state index in [1.807, 2.05) is 24.3 Å². The molecule has 0 fully saturated rings. The highest BCUT2D eigenvalue weighted by Gasteiger charge is 2.22. The molecular formula is C45H29N5. The van der Waals surface area contributed by atoms with Crippen LogP contribution in [0.1, 0.15) is 0 Å². The maximum Gasteiger partial charge on any atom is 0.238 e. The van der Waals surface area contributed by atoms with Crippen LogP contribution in [0.3, 0.4) is 0 Å². The first-order valence-corrected chi connectivity index (χ1v) is 16.8. The van der Waals surface area contributed by atoms with Gasteiger partial charge in [-0.25, -0.2) is 4.98 Å². The predicted octanol–water partition coefficient (Wildman–Crippen LogP) is 11.1. The van der Waals surface area contributed by atoms with Gasteiger partial charge in [0.25, 0.3) is 0 Å². The van der Waals surface area contributed by atoms with Crippen molar-refractivity contribution in [3.63, 3.8) is 0 Å². The lowest BCUT2D eigenvalue weighted by atomic mass is 10.0. The Morgan fingerprint density at radius 1 is 0.320 bits per heavy atom. The molecule has 0 radical (unpaired) electrons. The van der Waals surface area contributed by atoms with Crippen molar-refractivity contribution in [3.8, 4) is 45.5 Å². The van der Waals surface area contributed by atoms with Crippen LogP contribution in [0.5, 0.6) is 0 Å². The van der Waals surface area contributed by atoms with Crippen molar-refractivity contribution in [2.75, 3.05) is 0 Å². The standard InChI is InChI=1S/C45H29N5/c1-4-15-30(16-5-1)32-19-14-20-33(29-32)44-46-43(31-17-6-2-7-18-31)47-45(48-44)50-38-26-13-11-24-36(38)42-40(50)28-27-39-41(42)35-23-10-12-25-37(35)49(39)34-21-8-3-9-22-34/h1-29H. The molecule has 5 heteroatoms. The van der Waals surface area contributed by atoms with Crippen LogP contribution in [0.25, 0.3) is 89.2 Å². The molecule has 0 aliphatic rings. The van der Waals surface area contributed by atoms with Gasteiger partial charge in [-0.2, -0.15) is 9.97 Å². The molecule has 3 heterocycles. The lowest BCUT2D eigenvalue weighted by Gasteiger charge is -2.12. The Hall–Kier alpha value is -6.85. The van der Waals surface area contributed by atoms with Gasteiger partial charge in [0.15, 0.2) is 11.6 Å². The minimum absolute atomic E-state index is 0.580. The number of fused-ring (bicyclic) bond motifs is 7. The van der Waals surface area contributed by atoms with Crippen molar-refractivity contribution >= 4 is 43.6 Å². The summed E-state index contributed by atoms with van der Waals surface area (Å²) in [6.45, 7) is 0. The van der Waals surface area contributed by atoms with Gasteiger partial charge in [-0.05, 0) is 53.6 Å². The average molecular weight is 640 g/mol. The van der Waals surface area contributed by atoms with Crippen molar-refractivity contribution in [1.82, 2.24) is 24.1 Å². The number of rotatable bonds is 5. The molecule has 0 aliphatic heterocycles. The molecule has 0 aliphatic carbocycles. The average Bonchev–Trinajstić information content (AvgIpc) is 3.72. The van der Waals surface area contributed by atoms with Gasteiger partial charge in [-0.1, -0.05) is 133 Å². The van der Waals surface area contributed by atoms with E-state index in [1.54, 1.807) is 0 Å². The molecule has 0 N–H and O–H groups in total. The zero-order valence-electron chi connectivity index (χ0n) is 27.0. The summed E-state index contributed by atoms with van der Waals surface area (Å²) in [4.78, 5) is 15.5. The van der Waals surface area contributed by atoms with Gasteiger partial charge >= 0.3 is 0 Å². The van der Waals surface area contributed by atoms with E-state index in [9.17, 15) is 0 Å². The van der Waals surface area contributed by atoms with Gasteiger partial charge in [0.05, 0.1) is 22.1 Å². The summed E-state index contributed by atoms with van der Waals surface area (Å²) in [5.41, 5.74) is 9.68. The Morgan fingerprint density at radius 3 is 1.46 bits per heavy atom. The highest BCUT2D eigenvalue weighted by atomic mass is 15.2. The lowest BCUT2D eigenvalue weighted by molar-refractivity contribution is 0.953. The van der Waals surface area contributed by atoms with Crippen LogP contribution in [0.2, 0.25) is 0 Å². The van der Waals surface area contributed by atoms with E-state index in [2.05, 4.69) is 161 Å². The Morgan fingerprint density at radius 2 is 0.800 bits per heavy atom. The maximum atomic E-state index is 5.24. The highest BCUT2D eigenvalue weighted by molar-refractivity contribution is 6.28. The number of nitrogens with zero attached hydrogens (tertiary/aromatic N) is 5. The fraction of sp³-hybridized carbons (Fsp3) is 0. The Labute approximate surface area is 288 Å².